The lowest BCUT2D eigenvalue weighted by Crippen LogP contribution is -2.15. The first-order chi connectivity index (χ1) is 9.38. The fraction of sp³-hybridized carbons (Fsp3) is 0.214. The summed E-state index contributed by atoms with van der Waals surface area (Å²) in [6.07, 6.45) is -1.64. The van der Waals surface area contributed by atoms with Crippen LogP contribution in [0.1, 0.15) is 22.7 Å². The number of benzene rings is 1. The lowest BCUT2D eigenvalue weighted by molar-refractivity contribution is -0.137. The molecule has 0 saturated heterocycles. The van der Waals surface area contributed by atoms with Crippen LogP contribution in [-0.2, 0) is 12.6 Å². The summed E-state index contributed by atoms with van der Waals surface area (Å²) in [6.45, 7) is 0. The molecule has 2 aromatic rings. The van der Waals surface area contributed by atoms with Crippen LogP contribution < -0.4 is 5.73 Å². The van der Waals surface area contributed by atoms with Crippen LogP contribution in [0.2, 0.25) is 0 Å². The maximum Gasteiger partial charge on any atom is 0.416 e. The second kappa shape index (κ2) is 5.58. The molecule has 1 aromatic heterocycles. The van der Waals surface area contributed by atoms with Crippen molar-refractivity contribution in [3.8, 4) is 0 Å². The van der Waals surface area contributed by atoms with Gasteiger partial charge in [-0.1, -0.05) is 12.1 Å². The summed E-state index contributed by atoms with van der Waals surface area (Å²) in [5.74, 6) is -0.521. The number of pyridine rings is 1. The molecule has 1 atom stereocenters. The van der Waals surface area contributed by atoms with Gasteiger partial charge in [0.05, 0.1) is 11.8 Å². The Hall–Kier alpha value is -1.95. The third kappa shape index (κ3) is 3.33. The number of halogens is 4. The van der Waals surface area contributed by atoms with E-state index in [0.29, 0.717) is 11.1 Å². The van der Waals surface area contributed by atoms with Crippen LogP contribution in [0.15, 0.2) is 42.7 Å². The Kier molecular flexibility index (Phi) is 4.04. The molecule has 20 heavy (non-hydrogen) atoms. The van der Waals surface area contributed by atoms with Gasteiger partial charge >= 0.3 is 6.18 Å². The van der Waals surface area contributed by atoms with Crippen LogP contribution in [0.3, 0.4) is 0 Å². The van der Waals surface area contributed by atoms with Crippen molar-refractivity contribution in [2.75, 3.05) is 0 Å². The lowest BCUT2D eigenvalue weighted by Gasteiger charge is -2.13. The molecule has 2 nitrogen and oxygen atoms in total. The van der Waals surface area contributed by atoms with Crippen LogP contribution in [-0.4, -0.2) is 4.98 Å². The SMILES string of the molecule is NC(Cc1ccc(C(F)(F)F)cc1)c1ccncc1F. The van der Waals surface area contributed by atoms with E-state index in [1.54, 1.807) is 0 Å². The zero-order valence-electron chi connectivity index (χ0n) is 10.4. The van der Waals surface area contributed by atoms with E-state index in [1.165, 1.54) is 24.4 Å². The minimum absolute atomic E-state index is 0.249. The van der Waals surface area contributed by atoms with E-state index in [1.807, 2.05) is 0 Å². The van der Waals surface area contributed by atoms with Crippen LogP contribution in [0.25, 0.3) is 0 Å². The van der Waals surface area contributed by atoms with Crippen LogP contribution in [0, 0.1) is 5.82 Å². The molecule has 2 N–H and O–H groups in total. The molecule has 0 amide bonds. The Labute approximate surface area is 113 Å². The summed E-state index contributed by atoms with van der Waals surface area (Å²) in [5.41, 5.74) is 6.05. The number of hydrogen-bond donors (Lipinski definition) is 1. The van der Waals surface area contributed by atoms with Crippen molar-refractivity contribution in [1.29, 1.82) is 0 Å². The molecule has 6 heteroatoms. The van der Waals surface area contributed by atoms with Gasteiger partial charge in [-0.15, -0.1) is 0 Å². The number of rotatable bonds is 3. The van der Waals surface area contributed by atoms with E-state index in [2.05, 4.69) is 4.98 Å². The highest BCUT2D eigenvalue weighted by Crippen LogP contribution is 2.29. The summed E-state index contributed by atoms with van der Waals surface area (Å²) in [4.78, 5) is 3.62. The Morgan fingerprint density at radius 2 is 1.75 bits per heavy atom. The van der Waals surface area contributed by atoms with Gasteiger partial charge in [-0.25, -0.2) is 4.39 Å². The Morgan fingerprint density at radius 1 is 1.10 bits per heavy atom. The molecule has 1 aromatic carbocycles. The van der Waals surface area contributed by atoms with Gasteiger partial charge in [0.25, 0.3) is 0 Å². The molecule has 106 valence electrons. The van der Waals surface area contributed by atoms with Crippen molar-refractivity contribution >= 4 is 0 Å². The summed E-state index contributed by atoms with van der Waals surface area (Å²) in [6, 6.07) is 5.51. The van der Waals surface area contributed by atoms with E-state index >= 15 is 0 Å². The monoisotopic (exact) mass is 284 g/mol. The van der Waals surface area contributed by atoms with Gasteiger partial charge in [-0.2, -0.15) is 13.2 Å². The number of nitrogens with two attached hydrogens (primary N) is 1. The molecule has 1 unspecified atom stereocenters. The molecule has 0 spiro atoms. The quantitative estimate of drug-likeness (QED) is 0.876. The second-order valence-electron chi connectivity index (χ2n) is 4.40. The maximum atomic E-state index is 13.5. The topological polar surface area (TPSA) is 38.9 Å². The molecular weight excluding hydrogens is 272 g/mol. The van der Waals surface area contributed by atoms with Crippen molar-refractivity contribution < 1.29 is 17.6 Å². The van der Waals surface area contributed by atoms with E-state index in [-0.39, 0.29) is 6.42 Å². The highest BCUT2D eigenvalue weighted by Gasteiger charge is 2.29. The first-order valence-corrected chi connectivity index (χ1v) is 5.89. The predicted octanol–water partition coefficient (Wildman–Crippen LogP) is 3.48. The van der Waals surface area contributed by atoms with Gasteiger partial charge in [0, 0.05) is 17.8 Å². The number of hydrogen-bond acceptors (Lipinski definition) is 2. The van der Waals surface area contributed by atoms with Crippen molar-refractivity contribution in [2.45, 2.75) is 18.6 Å². The first-order valence-electron chi connectivity index (χ1n) is 5.89. The molecule has 0 saturated carbocycles. The predicted molar refractivity (Wildman–Crippen MR) is 66.3 cm³/mol. The normalized spacial score (nSPS) is 13.2. The molecule has 0 fully saturated rings. The van der Waals surface area contributed by atoms with Crippen molar-refractivity contribution in [1.82, 2.24) is 4.98 Å². The summed E-state index contributed by atoms with van der Waals surface area (Å²) in [7, 11) is 0. The van der Waals surface area contributed by atoms with Gasteiger partial charge < -0.3 is 5.73 Å². The first kappa shape index (κ1) is 14.5. The zero-order chi connectivity index (χ0) is 14.8. The second-order valence-corrected chi connectivity index (χ2v) is 4.40. The fourth-order valence-electron chi connectivity index (χ4n) is 1.88. The minimum atomic E-state index is -4.36. The Balaban J connectivity index is 2.13. The number of nitrogens with zero attached hydrogens (tertiary/aromatic N) is 1. The molecular formula is C14H12F4N2. The van der Waals surface area contributed by atoms with Crippen LogP contribution in [0.5, 0.6) is 0 Å². The van der Waals surface area contributed by atoms with Crippen molar-refractivity contribution in [3.63, 3.8) is 0 Å². The smallest absolute Gasteiger partial charge is 0.324 e. The standard InChI is InChI=1S/C14H12F4N2/c15-12-8-20-6-5-11(12)13(19)7-9-1-3-10(4-2-9)14(16,17)18/h1-6,8,13H,7,19H2. The van der Waals surface area contributed by atoms with E-state index in [9.17, 15) is 17.6 Å². The average molecular weight is 284 g/mol. The van der Waals surface area contributed by atoms with Gasteiger partial charge in [0.15, 0.2) is 0 Å². The van der Waals surface area contributed by atoms with Crippen LogP contribution in [0.4, 0.5) is 17.6 Å². The molecule has 2 rings (SSSR count). The number of alkyl halides is 3. The van der Waals surface area contributed by atoms with E-state index in [4.69, 9.17) is 5.73 Å². The van der Waals surface area contributed by atoms with Crippen LogP contribution >= 0.6 is 0 Å². The van der Waals surface area contributed by atoms with Crippen molar-refractivity contribution in [3.05, 3.63) is 65.2 Å². The highest BCUT2D eigenvalue weighted by molar-refractivity contribution is 5.27. The zero-order valence-corrected chi connectivity index (χ0v) is 10.4. The Bertz CT molecular complexity index is 578. The third-order valence-corrected chi connectivity index (χ3v) is 2.94. The average Bonchev–Trinajstić information content (AvgIpc) is 2.38. The summed E-state index contributed by atoms with van der Waals surface area (Å²) < 4.78 is 50.7. The Morgan fingerprint density at radius 3 is 2.30 bits per heavy atom. The van der Waals surface area contributed by atoms with Gasteiger partial charge in [-0.05, 0) is 30.2 Å². The minimum Gasteiger partial charge on any atom is -0.324 e. The van der Waals surface area contributed by atoms with Gasteiger partial charge in [-0.3, -0.25) is 4.98 Å². The largest absolute Gasteiger partial charge is 0.416 e. The molecule has 1 heterocycles. The third-order valence-electron chi connectivity index (χ3n) is 2.94. The summed E-state index contributed by atoms with van der Waals surface area (Å²) >= 11 is 0. The molecule has 0 aliphatic heterocycles. The van der Waals surface area contributed by atoms with Crippen molar-refractivity contribution in [2.24, 2.45) is 5.73 Å². The highest BCUT2D eigenvalue weighted by atomic mass is 19.4. The number of aromatic nitrogens is 1. The molecule has 0 aliphatic rings. The maximum absolute atomic E-state index is 13.5. The fourth-order valence-corrected chi connectivity index (χ4v) is 1.88. The summed E-state index contributed by atoms with van der Waals surface area (Å²) in [5, 5.41) is 0. The van der Waals surface area contributed by atoms with Gasteiger partial charge in [0.1, 0.15) is 5.82 Å². The molecule has 0 bridgehead atoms. The lowest BCUT2D eigenvalue weighted by atomic mass is 9.99. The van der Waals surface area contributed by atoms with E-state index < -0.39 is 23.6 Å². The van der Waals surface area contributed by atoms with Gasteiger partial charge in [0.2, 0.25) is 0 Å². The molecule has 0 radical (unpaired) electrons. The van der Waals surface area contributed by atoms with E-state index in [0.717, 1.165) is 18.3 Å². The molecule has 0 aliphatic carbocycles.